The van der Waals surface area contributed by atoms with Crippen LogP contribution in [0.2, 0.25) is 0 Å². The van der Waals surface area contributed by atoms with Crippen LogP contribution in [0.25, 0.3) is 0 Å². The molecule has 0 unspecified atom stereocenters. The quantitative estimate of drug-likeness (QED) is 0.297. The average molecular weight is 484 g/mol. The van der Waals surface area contributed by atoms with Crippen molar-refractivity contribution in [3.63, 3.8) is 0 Å². The van der Waals surface area contributed by atoms with Crippen molar-refractivity contribution >= 4 is 24.2 Å². The summed E-state index contributed by atoms with van der Waals surface area (Å²) in [5, 5.41) is 0. The van der Waals surface area contributed by atoms with Crippen molar-refractivity contribution in [2.24, 2.45) is 11.1 Å². The zero-order chi connectivity index (χ0) is 25.9. The molecule has 0 heterocycles. The highest BCUT2D eigenvalue weighted by atomic mass is 16.7. The molecular weight excluding hydrogens is 450 g/mol. The maximum Gasteiger partial charge on any atom is 0.513 e. The van der Waals surface area contributed by atoms with Crippen LogP contribution in [0, 0.1) is 5.41 Å². The second kappa shape index (κ2) is 13.4. The van der Waals surface area contributed by atoms with Gasteiger partial charge in [0.1, 0.15) is 18.8 Å². The molecule has 0 saturated heterocycles. The maximum absolute atomic E-state index is 12.3. The Labute approximate surface area is 198 Å². The van der Waals surface area contributed by atoms with E-state index in [4.69, 9.17) is 34.2 Å². The average Bonchev–Trinajstić information content (AvgIpc) is 2.73. The molecule has 11 nitrogen and oxygen atoms in total. The standard InChI is InChI=1S/C23H33NO10/c1-7-29-21(27)33-17-10-9-15(12-18(17)34-22(28)30-8-2)11-16(24)19(25)31-13-14(3)32-20(26)23(4,5)6/h9-10,12,14,16H,7-8,11,13,24H2,1-6H3/t14-,16-/m0/s1. The number of carbonyl (C=O) groups excluding carboxylic acids is 4. The van der Waals surface area contributed by atoms with Crippen LogP contribution in [0.5, 0.6) is 11.5 Å². The van der Waals surface area contributed by atoms with Crippen molar-refractivity contribution in [2.45, 2.75) is 60.1 Å². The van der Waals surface area contributed by atoms with Crippen LogP contribution in [0.1, 0.15) is 47.1 Å². The highest BCUT2D eigenvalue weighted by Gasteiger charge is 2.26. The van der Waals surface area contributed by atoms with Crippen LogP contribution in [-0.4, -0.2) is 56.2 Å². The first kappa shape index (κ1) is 28.7. The number of rotatable bonds is 10. The van der Waals surface area contributed by atoms with Gasteiger partial charge in [-0.25, -0.2) is 9.59 Å². The van der Waals surface area contributed by atoms with Gasteiger partial charge in [-0.15, -0.1) is 0 Å². The van der Waals surface area contributed by atoms with E-state index in [1.807, 2.05) is 0 Å². The molecule has 0 amide bonds. The van der Waals surface area contributed by atoms with Gasteiger partial charge in [0, 0.05) is 0 Å². The minimum Gasteiger partial charge on any atom is -0.461 e. The van der Waals surface area contributed by atoms with Gasteiger partial charge < -0.3 is 34.2 Å². The van der Waals surface area contributed by atoms with Gasteiger partial charge in [0.2, 0.25) is 0 Å². The lowest BCUT2D eigenvalue weighted by Gasteiger charge is -2.21. The molecule has 11 heteroatoms. The molecule has 1 rings (SSSR count). The van der Waals surface area contributed by atoms with E-state index in [-0.39, 0.29) is 37.7 Å². The predicted octanol–water partition coefficient (Wildman–Crippen LogP) is 3.15. The lowest BCUT2D eigenvalue weighted by molar-refractivity contribution is -0.165. The van der Waals surface area contributed by atoms with Crippen molar-refractivity contribution in [2.75, 3.05) is 19.8 Å². The highest BCUT2D eigenvalue weighted by molar-refractivity contribution is 5.77. The fourth-order valence-corrected chi connectivity index (χ4v) is 2.36. The van der Waals surface area contributed by atoms with Crippen molar-refractivity contribution in [1.29, 1.82) is 0 Å². The fraction of sp³-hybridized carbons (Fsp3) is 0.565. The summed E-state index contributed by atoms with van der Waals surface area (Å²) >= 11 is 0. The third-order valence-corrected chi connectivity index (χ3v) is 4.06. The summed E-state index contributed by atoms with van der Waals surface area (Å²) in [5.41, 5.74) is 5.76. The van der Waals surface area contributed by atoms with E-state index < -0.39 is 41.8 Å². The Morgan fingerprint density at radius 3 is 2.00 bits per heavy atom. The molecule has 0 bridgehead atoms. The van der Waals surface area contributed by atoms with Gasteiger partial charge in [-0.1, -0.05) is 6.07 Å². The second-order valence-corrected chi connectivity index (χ2v) is 8.26. The molecule has 2 atom stereocenters. The van der Waals surface area contributed by atoms with Gasteiger partial charge in [-0.05, 0) is 65.7 Å². The molecule has 0 aliphatic rings. The molecule has 0 radical (unpaired) electrons. The number of ether oxygens (including phenoxy) is 6. The van der Waals surface area contributed by atoms with Gasteiger partial charge in [-0.3, -0.25) is 9.59 Å². The van der Waals surface area contributed by atoms with Gasteiger partial charge in [0.15, 0.2) is 11.5 Å². The van der Waals surface area contributed by atoms with Crippen LogP contribution in [0.15, 0.2) is 18.2 Å². The SMILES string of the molecule is CCOC(=O)Oc1ccc(C[C@H](N)C(=O)OC[C@H](C)OC(=O)C(C)(C)C)cc1OC(=O)OCC. The number of benzene rings is 1. The number of carbonyl (C=O) groups is 4. The molecule has 190 valence electrons. The molecule has 0 aliphatic carbocycles. The Balaban J connectivity index is 2.81. The second-order valence-electron chi connectivity index (χ2n) is 8.26. The molecule has 0 saturated carbocycles. The number of hydrogen-bond acceptors (Lipinski definition) is 11. The Hall–Kier alpha value is -3.34. The molecule has 0 fully saturated rings. The van der Waals surface area contributed by atoms with Crippen LogP contribution < -0.4 is 15.2 Å². The largest absolute Gasteiger partial charge is 0.513 e. The van der Waals surface area contributed by atoms with Crippen LogP contribution in [0.4, 0.5) is 9.59 Å². The van der Waals surface area contributed by atoms with Gasteiger partial charge in [-0.2, -0.15) is 0 Å². The summed E-state index contributed by atoms with van der Waals surface area (Å²) in [6, 6.07) is 3.23. The predicted molar refractivity (Wildman–Crippen MR) is 119 cm³/mol. The Bertz CT molecular complexity index is 862. The van der Waals surface area contributed by atoms with Crippen molar-refractivity contribution in [3.05, 3.63) is 23.8 Å². The van der Waals surface area contributed by atoms with E-state index in [9.17, 15) is 19.2 Å². The summed E-state index contributed by atoms with van der Waals surface area (Å²) < 4.78 is 30.0. The molecule has 2 N–H and O–H groups in total. The third kappa shape index (κ3) is 10.1. The number of hydrogen-bond donors (Lipinski definition) is 1. The zero-order valence-electron chi connectivity index (χ0n) is 20.4. The number of esters is 2. The van der Waals surface area contributed by atoms with Crippen molar-refractivity contribution in [3.8, 4) is 11.5 Å². The summed E-state index contributed by atoms with van der Waals surface area (Å²) in [7, 11) is 0. The van der Waals surface area contributed by atoms with E-state index in [0.29, 0.717) is 5.56 Å². The Morgan fingerprint density at radius 1 is 0.912 bits per heavy atom. The lowest BCUT2D eigenvalue weighted by Crippen LogP contribution is -2.37. The molecule has 0 aliphatic heterocycles. The number of nitrogens with two attached hydrogens (primary N) is 1. The van der Waals surface area contributed by atoms with E-state index in [1.165, 1.54) is 18.2 Å². The topological polar surface area (TPSA) is 150 Å². The van der Waals surface area contributed by atoms with E-state index in [2.05, 4.69) is 0 Å². The van der Waals surface area contributed by atoms with Crippen molar-refractivity contribution < 1.29 is 47.6 Å². The smallest absolute Gasteiger partial charge is 0.461 e. The van der Waals surface area contributed by atoms with Crippen LogP contribution in [-0.2, 0) is 35.0 Å². The van der Waals surface area contributed by atoms with Gasteiger partial charge in [0.25, 0.3) is 0 Å². The summed E-state index contributed by atoms with van der Waals surface area (Å²) in [4.78, 5) is 47.6. The molecular formula is C23H33NO10. The first-order chi connectivity index (χ1) is 15.9. The maximum atomic E-state index is 12.3. The summed E-state index contributed by atoms with van der Waals surface area (Å²) in [5.74, 6) is -1.33. The zero-order valence-corrected chi connectivity index (χ0v) is 20.4. The molecule has 0 spiro atoms. The molecule has 1 aromatic carbocycles. The minimum absolute atomic E-state index is 0.0217. The normalized spacial score (nSPS) is 12.7. The first-order valence-corrected chi connectivity index (χ1v) is 10.8. The third-order valence-electron chi connectivity index (χ3n) is 4.06. The molecule has 1 aromatic rings. The summed E-state index contributed by atoms with van der Waals surface area (Å²) in [6.07, 6.45) is -2.61. The molecule has 0 aromatic heterocycles. The van der Waals surface area contributed by atoms with Crippen LogP contribution in [0.3, 0.4) is 0 Å². The van der Waals surface area contributed by atoms with E-state index in [1.54, 1.807) is 41.5 Å². The molecule has 34 heavy (non-hydrogen) atoms. The van der Waals surface area contributed by atoms with E-state index in [0.717, 1.165) is 0 Å². The van der Waals surface area contributed by atoms with Crippen LogP contribution >= 0.6 is 0 Å². The van der Waals surface area contributed by atoms with Crippen molar-refractivity contribution in [1.82, 2.24) is 0 Å². The summed E-state index contributed by atoms with van der Waals surface area (Å²) in [6.45, 7) is 9.97. The Morgan fingerprint density at radius 2 is 1.47 bits per heavy atom. The first-order valence-electron chi connectivity index (χ1n) is 10.8. The van der Waals surface area contributed by atoms with Gasteiger partial charge in [0.05, 0.1) is 18.6 Å². The lowest BCUT2D eigenvalue weighted by atomic mass is 9.97. The minimum atomic E-state index is -1.06. The highest BCUT2D eigenvalue weighted by Crippen LogP contribution is 2.30. The Kier molecular flexibility index (Phi) is 11.3. The van der Waals surface area contributed by atoms with E-state index >= 15 is 0 Å². The fourth-order valence-electron chi connectivity index (χ4n) is 2.36. The van der Waals surface area contributed by atoms with Gasteiger partial charge >= 0.3 is 24.2 Å². The monoisotopic (exact) mass is 483 g/mol.